The van der Waals surface area contributed by atoms with Crippen LogP contribution in [0.5, 0.6) is 0 Å². The predicted molar refractivity (Wildman–Crippen MR) is 113 cm³/mol. The van der Waals surface area contributed by atoms with Gasteiger partial charge in [0.1, 0.15) is 0 Å². The standard InChI is InChI=1S/C20H42N2.2ClH/c1-2-3-4-5-6-7-8-9-10-11-12-13-14-15-20-16-18-22(21)19-17-20;;/h20H,2-19,21H2,1H3;2*1H. The Bertz CT molecular complexity index is 232. The second kappa shape index (κ2) is 19.8. The Hall–Kier alpha value is 0.500. The van der Waals surface area contributed by atoms with Gasteiger partial charge in [0.2, 0.25) is 0 Å². The van der Waals surface area contributed by atoms with Gasteiger partial charge in [-0.25, -0.2) is 5.01 Å². The van der Waals surface area contributed by atoms with Crippen molar-refractivity contribution in [3.05, 3.63) is 0 Å². The molecule has 0 aliphatic carbocycles. The fraction of sp³-hybridized carbons (Fsp3) is 1.00. The Balaban J connectivity index is 0. The van der Waals surface area contributed by atoms with Gasteiger partial charge in [-0.15, -0.1) is 24.8 Å². The number of rotatable bonds is 14. The predicted octanol–water partition coefficient (Wildman–Crippen LogP) is 6.90. The quantitative estimate of drug-likeness (QED) is 0.261. The minimum Gasteiger partial charge on any atom is -0.269 e. The van der Waals surface area contributed by atoms with Gasteiger partial charge in [0.25, 0.3) is 0 Å². The molecule has 0 bridgehead atoms. The van der Waals surface area contributed by atoms with E-state index in [1.54, 1.807) is 0 Å². The number of hydrogen-bond donors (Lipinski definition) is 1. The van der Waals surface area contributed by atoms with Gasteiger partial charge in [-0.1, -0.05) is 96.8 Å². The molecule has 0 aromatic carbocycles. The van der Waals surface area contributed by atoms with Gasteiger partial charge >= 0.3 is 0 Å². The van der Waals surface area contributed by atoms with Crippen LogP contribution in [0.25, 0.3) is 0 Å². The van der Waals surface area contributed by atoms with E-state index in [4.69, 9.17) is 5.84 Å². The number of nitrogens with two attached hydrogens (primary N) is 1. The minimum absolute atomic E-state index is 0. The Morgan fingerprint density at radius 3 is 1.46 bits per heavy atom. The summed E-state index contributed by atoms with van der Waals surface area (Å²) in [4.78, 5) is 0. The summed E-state index contributed by atoms with van der Waals surface area (Å²) in [6.07, 6.45) is 23.1. The number of piperidine rings is 1. The zero-order valence-corrected chi connectivity index (χ0v) is 17.8. The average molecular weight is 383 g/mol. The van der Waals surface area contributed by atoms with E-state index < -0.39 is 0 Å². The van der Waals surface area contributed by atoms with E-state index in [1.807, 2.05) is 5.01 Å². The maximum Gasteiger partial charge on any atom is 0.0131 e. The number of nitrogens with zero attached hydrogens (tertiary/aromatic N) is 1. The molecule has 24 heavy (non-hydrogen) atoms. The molecule has 1 heterocycles. The van der Waals surface area contributed by atoms with Crippen LogP contribution in [0.4, 0.5) is 0 Å². The van der Waals surface area contributed by atoms with Crippen molar-refractivity contribution in [3.63, 3.8) is 0 Å². The molecular formula is C20H44Cl2N2. The molecule has 1 saturated heterocycles. The summed E-state index contributed by atoms with van der Waals surface area (Å²) in [7, 11) is 0. The Labute approximate surface area is 164 Å². The van der Waals surface area contributed by atoms with Gasteiger partial charge in [0.05, 0.1) is 0 Å². The Kier molecular flexibility index (Phi) is 22.1. The third-order valence-corrected chi connectivity index (χ3v) is 5.37. The smallest absolute Gasteiger partial charge is 0.0131 e. The van der Waals surface area contributed by atoms with Gasteiger partial charge in [0, 0.05) is 13.1 Å². The van der Waals surface area contributed by atoms with Crippen molar-refractivity contribution >= 4 is 24.8 Å². The van der Waals surface area contributed by atoms with Gasteiger partial charge in [-0.05, 0) is 18.8 Å². The molecule has 148 valence electrons. The summed E-state index contributed by atoms with van der Waals surface area (Å²) >= 11 is 0. The number of unbranched alkanes of at least 4 members (excludes halogenated alkanes) is 12. The molecule has 0 aromatic heterocycles. The highest BCUT2D eigenvalue weighted by atomic mass is 35.5. The SMILES string of the molecule is CCCCCCCCCCCCCCCC1CCN(N)CC1.Cl.Cl. The summed E-state index contributed by atoms with van der Waals surface area (Å²) in [5.74, 6) is 6.77. The molecule has 0 saturated carbocycles. The average Bonchev–Trinajstić information content (AvgIpc) is 2.53. The first-order valence-electron chi connectivity index (χ1n) is 10.3. The third kappa shape index (κ3) is 16.0. The molecule has 1 fully saturated rings. The van der Waals surface area contributed by atoms with Crippen molar-refractivity contribution in [2.75, 3.05) is 13.1 Å². The lowest BCUT2D eigenvalue weighted by atomic mass is 9.91. The molecule has 0 aromatic rings. The second-order valence-electron chi connectivity index (χ2n) is 7.51. The van der Waals surface area contributed by atoms with Crippen LogP contribution in [0.15, 0.2) is 0 Å². The molecule has 1 aliphatic heterocycles. The first-order valence-corrected chi connectivity index (χ1v) is 10.3. The highest BCUT2D eigenvalue weighted by Gasteiger charge is 2.16. The van der Waals surface area contributed by atoms with E-state index in [9.17, 15) is 0 Å². The van der Waals surface area contributed by atoms with Crippen LogP contribution in [-0.4, -0.2) is 18.1 Å². The summed E-state index contributed by atoms with van der Waals surface area (Å²) in [6, 6.07) is 0. The lowest BCUT2D eigenvalue weighted by molar-refractivity contribution is 0.180. The van der Waals surface area contributed by atoms with E-state index in [0.717, 1.165) is 19.0 Å². The molecule has 2 N–H and O–H groups in total. The van der Waals surface area contributed by atoms with Gasteiger partial charge < -0.3 is 0 Å². The summed E-state index contributed by atoms with van der Waals surface area (Å²) < 4.78 is 0. The maximum absolute atomic E-state index is 5.80. The van der Waals surface area contributed by atoms with Crippen molar-refractivity contribution in [3.8, 4) is 0 Å². The van der Waals surface area contributed by atoms with E-state index in [-0.39, 0.29) is 24.8 Å². The van der Waals surface area contributed by atoms with Gasteiger partial charge in [-0.3, -0.25) is 5.84 Å². The van der Waals surface area contributed by atoms with E-state index in [2.05, 4.69) is 6.92 Å². The van der Waals surface area contributed by atoms with Crippen molar-refractivity contribution in [1.82, 2.24) is 5.01 Å². The number of halogens is 2. The molecule has 2 nitrogen and oxygen atoms in total. The zero-order valence-electron chi connectivity index (χ0n) is 16.1. The fourth-order valence-electron chi connectivity index (χ4n) is 3.69. The zero-order chi connectivity index (χ0) is 15.9. The third-order valence-electron chi connectivity index (χ3n) is 5.37. The first kappa shape index (κ1) is 26.7. The van der Waals surface area contributed by atoms with Gasteiger partial charge in [0.15, 0.2) is 0 Å². The highest BCUT2D eigenvalue weighted by Crippen LogP contribution is 2.22. The fourth-order valence-corrected chi connectivity index (χ4v) is 3.69. The number of hydrogen-bond acceptors (Lipinski definition) is 2. The Morgan fingerprint density at radius 2 is 1.04 bits per heavy atom. The second-order valence-corrected chi connectivity index (χ2v) is 7.51. The van der Waals surface area contributed by atoms with Crippen LogP contribution in [-0.2, 0) is 0 Å². The van der Waals surface area contributed by atoms with Crippen molar-refractivity contribution in [2.45, 2.75) is 110 Å². The molecule has 0 spiro atoms. The van der Waals surface area contributed by atoms with Crippen LogP contribution in [0.3, 0.4) is 0 Å². The van der Waals surface area contributed by atoms with Crippen molar-refractivity contribution < 1.29 is 0 Å². The van der Waals surface area contributed by atoms with E-state index in [0.29, 0.717) is 0 Å². The lowest BCUT2D eigenvalue weighted by Gasteiger charge is -2.28. The van der Waals surface area contributed by atoms with Crippen molar-refractivity contribution in [1.29, 1.82) is 0 Å². The Morgan fingerprint density at radius 1 is 0.667 bits per heavy atom. The molecule has 1 aliphatic rings. The van der Waals surface area contributed by atoms with Crippen LogP contribution in [0.2, 0.25) is 0 Å². The van der Waals surface area contributed by atoms with E-state index in [1.165, 1.54) is 103 Å². The highest BCUT2D eigenvalue weighted by molar-refractivity contribution is 5.85. The molecular weight excluding hydrogens is 339 g/mol. The van der Waals surface area contributed by atoms with Crippen LogP contribution in [0, 0.1) is 5.92 Å². The maximum atomic E-state index is 5.80. The first-order chi connectivity index (χ1) is 10.8. The normalized spacial score (nSPS) is 15.8. The molecule has 0 unspecified atom stereocenters. The largest absolute Gasteiger partial charge is 0.269 e. The van der Waals surface area contributed by atoms with Crippen LogP contribution < -0.4 is 5.84 Å². The minimum atomic E-state index is 0. The molecule has 0 radical (unpaired) electrons. The molecule has 4 heteroatoms. The van der Waals surface area contributed by atoms with Gasteiger partial charge in [-0.2, -0.15) is 0 Å². The monoisotopic (exact) mass is 382 g/mol. The molecule has 0 amide bonds. The van der Waals surface area contributed by atoms with Crippen molar-refractivity contribution in [2.24, 2.45) is 11.8 Å². The van der Waals surface area contributed by atoms with Crippen LogP contribution >= 0.6 is 24.8 Å². The summed E-state index contributed by atoms with van der Waals surface area (Å²) in [6.45, 7) is 4.52. The molecule has 1 rings (SSSR count). The lowest BCUT2D eigenvalue weighted by Crippen LogP contribution is -2.38. The summed E-state index contributed by atoms with van der Waals surface area (Å²) in [5.41, 5.74) is 0. The number of hydrazine groups is 1. The topological polar surface area (TPSA) is 29.3 Å². The van der Waals surface area contributed by atoms with Crippen LogP contribution in [0.1, 0.15) is 110 Å². The summed E-state index contributed by atoms with van der Waals surface area (Å²) in [5, 5.41) is 1.99. The molecule has 0 atom stereocenters. The van der Waals surface area contributed by atoms with E-state index >= 15 is 0 Å².